The van der Waals surface area contributed by atoms with Gasteiger partial charge in [0.25, 0.3) is 5.91 Å². The largest absolute Gasteiger partial charge is 0.493 e. The second kappa shape index (κ2) is 8.53. The van der Waals surface area contributed by atoms with Crippen molar-refractivity contribution in [3.63, 3.8) is 0 Å². The van der Waals surface area contributed by atoms with E-state index >= 15 is 0 Å². The van der Waals surface area contributed by atoms with Gasteiger partial charge in [-0.1, -0.05) is 29.8 Å². The number of aryl methyl sites for hydroxylation is 2. The highest BCUT2D eigenvalue weighted by Crippen LogP contribution is 2.38. The normalized spacial score (nSPS) is 11.4. The Labute approximate surface area is 174 Å². The average Bonchev–Trinajstić information content (AvgIpc) is 3.00. The number of carbonyl (C=O) groups excluding carboxylic acids is 1. The van der Waals surface area contributed by atoms with E-state index in [2.05, 4.69) is 36.2 Å². The average molecular weight is 413 g/mol. The van der Waals surface area contributed by atoms with Crippen LogP contribution in [0, 0.1) is 13.8 Å². The van der Waals surface area contributed by atoms with Crippen LogP contribution in [0.5, 0.6) is 17.2 Å². The Kier molecular flexibility index (Phi) is 6.08. The van der Waals surface area contributed by atoms with Gasteiger partial charge in [-0.3, -0.25) is 4.79 Å². The summed E-state index contributed by atoms with van der Waals surface area (Å²) < 4.78 is 17.9. The van der Waals surface area contributed by atoms with E-state index < -0.39 is 0 Å². The summed E-state index contributed by atoms with van der Waals surface area (Å²) in [7, 11) is 6.46. The van der Waals surface area contributed by atoms with Gasteiger partial charge in [-0.05, 0) is 31.5 Å². The van der Waals surface area contributed by atoms with Gasteiger partial charge in [0.05, 0.1) is 27.0 Å². The molecule has 0 aliphatic rings. The van der Waals surface area contributed by atoms with Gasteiger partial charge in [-0.15, -0.1) is 11.3 Å². The fraction of sp³-hybridized carbons (Fsp3) is 0.273. The zero-order valence-corrected chi connectivity index (χ0v) is 18.2. The molecule has 0 saturated heterocycles. The monoisotopic (exact) mass is 412 g/mol. The molecule has 0 fully saturated rings. The highest BCUT2D eigenvalue weighted by Gasteiger charge is 2.17. The molecule has 0 radical (unpaired) electrons. The zero-order chi connectivity index (χ0) is 21.1. The lowest BCUT2D eigenvalue weighted by atomic mass is 10.1. The fourth-order valence-corrected chi connectivity index (χ4v) is 4.13. The third-order valence-electron chi connectivity index (χ3n) is 4.63. The van der Waals surface area contributed by atoms with E-state index in [9.17, 15) is 4.79 Å². The second-order valence-corrected chi connectivity index (χ2v) is 7.73. The number of hydrogen-bond acceptors (Lipinski definition) is 5. The molecule has 1 heterocycles. The maximum absolute atomic E-state index is 12.9. The molecule has 0 atom stereocenters. The summed E-state index contributed by atoms with van der Waals surface area (Å²) in [6.07, 6.45) is 0. The number of carbonyl (C=O) groups is 1. The molecule has 0 bridgehead atoms. The molecule has 1 aromatic heterocycles. The summed E-state index contributed by atoms with van der Waals surface area (Å²) >= 11 is 1.48. The number of aromatic nitrogens is 1. The molecule has 0 unspecified atom stereocenters. The Bertz CT molecular complexity index is 1090. The van der Waals surface area contributed by atoms with Gasteiger partial charge >= 0.3 is 0 Å². The Balaban J connectivity index is 2.06. The quantitative estimate of drug-likeness (QED) is 0.632. The van der Waals surface area contributed by atoms with Crippen molar-refractivity contribution in [1.82, 2.24) is 4.57 Å². The molecule has 29 heavy (non-hydrogen) atoms. The number of rotatable bonds is 5. The van der Waals surface area contributed by atoms with Crippen LogP contribution >= 0.6 is 11.3 Å². The van der Waals surface area contributed by atoms with E-state index in [4.69, 9.17) is 14.2 Å². The van der Waals surface area contributed by atoms with E-state index in [-0.39, 0.29) is 5.91 Å². The molecule has 7 heteroatoms. The molecule has 0 N–H and O–H groups in total. The molecular weight excluding hydrogens is 388 g/mol. The highest BCUT2D eigenvalue weighted by molar-refractivity contribution is 7.09. The maximum Gasteiger partial charge on any atom is 0.279 e. The lowest BCUT2D eigenvalue weighted by Crippen LogP contribution is -2.14. The van der Waals surface area contributed by atoms with Crippen LogP contribution in [0.15, 0.2) is 41.4 Å². The van der Waals surface area contributed by atoms with Gasteiger partial charge in [0, 0.05) is 17.5 Å². The van der Waals surface area contributed by atoms with Crippen LogP contribution in [0.3, 0.4) is 0 Å². The summed E-state index contributed by atoms with van der Waals surface area (Å²) in [5.41, 5.74) is 3.70. The fourth-order valence-electron chi connectivity index (χ4n) is 3.15. The standard InChI is InChI=1S/C22H24N2O4S/c1-13-7-9-15(10-8-13)19-14(2)29-22(24(19)3)23-21(25)16-11-17(26-4)20(28-6)18(12-16)27-5/h7-12H,1-6H3. The molecule has 0 aliphatic carbocycles. The van der Waals surface area contributed by atoms with Crippen molar-refractivity contribution in [2.24, 2.45) is 12.0 Å². The number of ether oxygens (including phenoxy) is 3. The number of nitrogens with zero attached hydrogens (tertiary/aromatic N) is 2. The second-order valence-electron chi connectivity index (χ2n) is 6.55. The minimum atomic E-state index is -0.378. The smallest absolute Gasteiger partial charge is 0.279 e. The van der Waals surface area contributed by atoms with Crippen LogP contribution in [0.2, 0.25) is 0 Å². The Morgan fingerprint density at radius 3 is 2.07 bits per heavy atom. The minimum absolute atomic E-state index is 0.363. The Morgan fingerprint density at radius 2 is 1.55 bits per heavy atom. The molecule has 0 spiro atoms. The SMILES string of the molecule is COc1cc(C(=O)N=c2sc(C)c(-c3ccc(C)cc3)n2C)cc(OC)c1OC. The molecule has 0 saturated carbocycles. The highest BCUT2D eigenvalue weighted by atomic mass is 32.1. The van der Waals surface area contributed by atoms with Crippen LogP contribution in [0.25, 0.3) is 11.3 Å². The summed E-state index contributed by atoms with van der Waals surface area (Å²) in [5, 5.41) is 0. The first-order valence-electron chi connectivity index (χ1n) is 9.02. The first kappa shape index (κ1) is 20.7. The third kappa shape index (κ3) is 4.05. The van der Waals surface area contributed by atoms with Crippen molar-refractivity contribution < 1.29 is 19.0 Å². The van der Waals surface area contributed by atoms with Crippen molar-refractivity contribution in [2.75, 3.05) is 21.3 Å². The van der Waals surface area contributed by atoms with Crippen molar-refractivity contribution in [3.8, 4) is 28.5 Å². The van der Waals surface area contributed by atoms with E-state index in [1.165, 1.54) is 38.2 Å². The predicted octanol–water partition coefficient (Wildman–Crippen LogP) is 4.14. The van der Waals surface area contributed by atoms with Gasteiger partial charge in [0.1, 0.15) is 0 Å². The van der Waals surface area contributed by atoms with Crippen LogP contribution in [0.1, 0.15) is 20.8 Å². The zero-order valence-electron chi connectivity index (χ0n) is 17.4. The van der Waals surface area contributed by atoms with Gasteiger partial charge < -0.3 is 18.8 Å². The minimum Gasteiger partial charge on any atom is -0.493 e. The van der Waals surface area contributed by atoms with Crippen molar-refractivity contribution in [1.29, 1.82) is 0 Å². The van der Waals surface area contributed by atoms with E-state index in [0.29, 0.717) is 27.6 Å². The van der Waals surface area contributed by atoms with Crippen LogP contribution in [-0.2, 0) is 7.05 Å². The molecule has 3 aromatic rings. The molecule has 6 nitrogen and oxygen atoms in total. The maximum atomic E-state index is 12.9. The molecular formula is C22H24N2O4S. The Hall–Kier alpha value is -3.06. The number of methoxy groups -OCH3 is 3. The summed E-state index contributed by atoms with van der Waals surface area (Å²) in [5.74, 6) is 0.886. The molecule has 0 aliphatic heterocycles. The first-order valence-corrected chi connectivity index (χ1v) is 9.83. The molecule has 152 valence electrons. The summed E-state index contributed by atoms with van der Waals surface area (Å²) in [6.45, 7) is 4.09. The summed E-state index contributed by atoms with van der Waals surface area (Å²) in [6, 6.07) is 11.5. The predicted molar refractivity (Wildman–Crippen MR) is 114 cm³/mol. The number of thiazole rings is 1. The topological polar surface area (TPSA) is 62.0 Å². The first-order chi connectivity index (χ1) is 13.9. The number of hydrogen-bond donors (Lipinski definition) is 0. The Morgan fingerprint density at radius 1 is 0.966 bits per heavy atom. The third-order valence-corrected chi connectivity index (χ3v) is 5.68. The van der Waals surface area contributed by atoms with Gasteiger partial charge in [-0.2, -0.15) is 4.99 Å². The lowest BCUT2D eigenvalue weighted by Gasteiger charge is -2.12. The van der Waals surface area contributed by atoms with Crippen LogP contribution in [-0.4, -0.2) is 31.8 Å². The van der Waals surface area contributed by atoms with Gasteiger partial charge in [0.2, 0.25) is 5.75 Å². The molecule has 1 amide bonds. The van der Waals surface area contributed by atoms with Gasteiger partial charge in [0.15, 0.2) is 16.3 Å². The number of benzene rings is 2. The lowest BCUT2D eigenvalue weighted by molar-refractivity contribution is 0.0997. The van der Waals surface area contributed by atoms with Crippen molar-refractivity contribution in [2.45, 2.75) is 13.8 Å². The van der Waals surface area contributed by atoms with E-state index in [1.807, 2.05) is 18.5 Å². The van der Waals surface area contributed by atoms with Crippen molar-refractivity contribution in [3.05, 3.63) is 57.2 Å². The van der Waals surface area contributed by atoms with E-state index in [1.54, 1.807) is 12.1 Å². The molecule has 3 rings (SSSR count). The van der Waals surface area contributed by atoms with Crippen LogP contribution in [0.4, 0.5) is 0 Å². The summed E-state index contributed by atoms with van der Waals surface area (Å²) in [4.78, 5) is 18.9. The number of amides is 1. The van der Waals surface area contributed by atoms with Crippen LogP contribution < -0.4 is 19.0 Å². The van der Waals surface area contributed by atoms with Crippen molar-refractivity contribution >= 4 is 17.2 Å². The molecule has 2 aromatic carbocycles. The van der Waals surface area contributed by atoms with Gasteiger partial charge in [-0.25, -0.2) is 0 Å². The van der Waals surface area contributed by atoms with E-state index in [0.717, 1.165) is 16.1 Å².